The zero-order valence-corrected chi connectivity index (χ0v) is 14.5. The first-order valence-corrected chi connectivity index (χ1v) is 8.18. The van der Waals surface area contributed by atoms with Crippen molar-refractivity contribution >= 4 is 46.5 Å². The van der Waals surface area contributed by atoms with E-state index in [1.54, 1.807) is 0 Å². The maximum absolute atomic E-state index is 12.1. The largest absolute Gasteiger partial charge is 0.403 e. The number of aryl methyl sites for hydroxylation is 2. The van der Waals surface area contributed by atoms with Crippen LogP contribution < -0.4 is 5.32 Å². The molecule has 8 heteroatoms. The lowest BCUT2D eigenvalue weighted by Gasteiger charge is -2.00. The quantitative estimate of drug-likeness (QED) is 0.708. The van der Waals surface area contributed by atoms with Crippen molar-refractivity contribution in [2.24, 2.45) is 0 Å². The average Bonchev–Trinajstić information content (AvgIpc) is 3.04. The summed E-state index contributed by atoms with van der Waals surface area (Å²) in [5.74, 6) is -0.115. The molecule has 5 nitrogen and oxygen atoms in total. The number of benzene rings is 1. The van der Waals surface area contributed by atoms with Gasteiger partial charge in [-0.3, -0.25) is 10.1 Å². The zero-order chi connectivity index (χ0) is 16.6. The van der Waals surface area contributed by atoms with Gasteiger partial charge in [0.05, 0.1) is 9.90 Å². The average molecular weight is 368 g/mol. The van der Waals surface area contributed by atoms with Crippen molar-refractivity contribution in [1.29, 1.82) is 0 Å². The van der Waals surface area contributed by atoms with E-state index in [1.165, 1.54) is 6.07 Å². The molecule has 0 unspecified atom stereocenters. The molecule has 2 heterocycles. The van der Waals surface area contributed by atoms with E-state index in [0.717, 1.165) is 28.0 Å². The van der Waals surface area contributed by atoms with Crippen molar-refractivity contribution in [2.75, 3.05) is 5.32 Å². The summed E-state index contributed by atoms with van der Waals surface area (Å²) in [5.41, 5.74) is 3.24. The number of halogens is 2. The number of carbonyl (C=O) groups is 1. The number of thiophene rings is 1. The molecule has 0 bridgehead atoms. The van der Waals surface area contributed by atoms with Crippen LogP contribution in [0.4, 0.5) is 6.01 Å². The van der Waals surface area contributed by atoms with Crippen molar-refractivity contribution < 1.29 is 9.21 Å². The van der Waals surface area contributed by atoms with Crippen LogP contribution in [0, 0.1) is 13.8 Å². The first-order valence-electron chi connectivity index (χ1n) is 6.61. The van der Waals surface area contributed by atoms with Crippen LogP contribution in [0.1, 0.15) is 21.5 Å². The molecule has 0 saturated heterocycles. The molecule has 0 spiro atoms. The van der Waals surface area contributed by atoms with Gasteiger partial charge in [0.15, 0.2) is 0 Å². The Morgan fingerprint density at radius 1 is 1.13 bits per heavy atom. The Balaban J connectivity index is 1.82. The van der Waals surface area contributed by atoms with Gasteiger partial charge in [-0.2, -0.15) is 0 Å². The Bertz CT molecular complexity index is 868. The number of anilines is 1. The molecular formula is C15H11Cl2N3O2S. The number of nitrogens with one attached hydrogen (secondary N) is 1. The number of hydrogen-bond acceptors (Lipinski definition) is 5. The van der Waals surface area contributed by atoms with E-state index in [9.17, 15) is 4.79 Å². The number of aromatic nitrogens is 2. The molecule has 1 aromatic carbocycles. The maximum atomic E-state index is 12.1. The fraction of sp³-hybridized carbons (Fsp3) is 0.133. The highest BCUT2D eigenvalue weighted by molar-refractivity contribution is 7.20. The van der Waals surface area contributed by atoms with Crippen molar-refractivity contribution in [3.63, 3.8) is 0 Å². The van der Waals surface area contributed by atoms with Gasteiger partial charge in [-0.05, 0) is 32.0 Å². The van der Waals surface area contributed by atoms with E-state index in [1.807, 2.05) is 32.0 Å². The Morgan fingerprint density at radius 2 is 1.83 bits per heavy atom. The van der Waals surface area contributed by atoms with Gasteiger partial charge in [0.25, 0.3) is 5.91 Å². The monoisotopic (exact) mass is 367 g/mol. The molecule has 23 heavy (non-hydrogen) atoms. The summed E-state index contributed by atoms with van der Waals surface area (Å²) in [6.07, 6.45) is 0. The molecule has 0 saturated carbocycles. The Kier molecular flexibility index (Phi) is 4.39. The van der Waals surface area contributed by atoms with Gasteiger partial charge >= 0.3 is 6.01 Å². The lowest BCUT2D eigenvalue weighted by Crippen LogP contribution is -2.11. The van der Waals surface area contributed by atoms with Crippen molar-refractivity contribution in [3.8, 4) is 11.5 Å². The van der Waals surface area contributed by atoms with Crippen LogP contribution in [-0.4, -0.2) is 16.1 Å². The van der Waals surface area contributed by atoms with Gasteiger partial charge in [-0.25, -0.2) is 0 Å². The fourth-order valence-corrected chi connectivity index (χ4v) is 3.61. The number of carbonyl (C=O) groups excluding carboxylic acids is 1. The lowest BCUT2D eigenvalue weighted by atomic mass is 10.1. The minimum atomic E-state index is -0.450. The summed E-state index contributed by atoms with van der Waals surface area (Å²) in [7, 11) is 0. The highest BCUT2D eigenvalue weighted by Gasteiger charge is 2.17. The molecule has 1 amide bonds. The van der Waals surface area contributed by atoms with Gasteiger partial charge in [0.2, 0.25) is 5.89 Å². The molecule has 3 aromatic rings. The highest BCUT2D eigenvalue weighted by atomic mass is 35.5. The highest BCUT2D eigenvalue weighted by Crippen LogP contribution is 2.31. The first-order chi connectivity index (χ1) is 10.9. The van der Waals surface area contributed by atoms with E-state index in [-0.39, 0.29) is 11.6 Å². The summed E-state index contributed by atoms with van der Waals surface area (Å²) >= 11 is 12.9. The normalized spacial score (nSPS) is 10.8. The first kappa shape index (κ1) is 16.0. The van der Waals surface area contributed by atoms with Crippen LogP contribution in [-0.2, 0) is 0 Å². The summed E-state index contributed by atoms with van der Waals surface area (Å²) in [6, 6.07) is 7.40. The Labute approximate surface area is 146 Å². The third-order valence-electron chi connectivity index (χ3n) is 3.02. The molecule has 0 aliphatic heterocycles. The van der Waals surface area contributed by atoms with Gasteiger partial charge < -0.3 is 4.42 Å². The minimum absolute atomic E-state index is 0.00236. The third-order valence-corrected chi connectivity index (χ3v) is 4.50. The topological polar surface area (TPSA) is 68.0 Å². The van der Waals surface area contributed by atoms with E-state index in [0.29, 0.717) is 14.6 Å². The predicted octanol–water partition coefficient (Wildman–Crippen LogP) is 4.97. The molecule has 0 radical (unpaired) electrons. The smallest absolute Gasteiger partial charge is 0.322 e. The van der Waals surface area contributed by atoms with E-state index < -0.39 is 5.91 Å². The van der Waals surface area contributed by atoms with Crippen LogP contribution in [0.25, 0.3) is 11.5 Å². The molecule has 118 valence electrons. The summed E-state index contributed by atoms with van der Waals surface area (Å²) in [4.78, 5) is 12.1. The van der Waals surface area contributed by atoms with E-state index >= 15 is 0 Å². The second-order valence-electron chi connectivity index (χ2n) is 4.98. The SMILES string of the molecule is Cc1cc(C)cc(-c2nnc(NC(=O)c3cc(Cl)sc3Cl)o2)c1. The Morgan fingerprint density at radius 3 is 2.43 bits per heavy atom. The van der Waals surface area contributed by atoms with Crippen molar-refractivity contribution in [2.45, 2.75) is 13.8 Å². The third kappa shape index (κ3) is 3.55. The minimum Gasteiger partial charge on any atom is -0.403 e. The standard InChI is InChI=1S/C15H11Cl2N3O2S/c1-7-3-8(2)5-9(4-7)14-19-20-15(22-14)18-13(21)10-6-11(16)23-12(10)17/h3-6H,1-2H3,(H,18,20,21). The van der Waals surface area contributed by atoms with Gasteiger partial charge in [-0.15, -0.1) is 16.4 Å². The van der Waals surface area contributed by atoms with Gasteiger partial charge in [0.1, 0.15) is 4.34 Å². The molecule has 3 rings (SSSR count). The summed E-state index contributed by atoms with van der Waals surface area (Å²) in [6.45, 7) is 3.97. The van der Waals surface area contributed by atoms with Crippen LogP contribution >= 0.6 is 34.5 Å². The second-order valence-corrected chi connectivity index (χ2v) is 7.27. The molecule has 0 atom stereocenters. The van der Waals surface area contributed by atoms with Crippen LogP contribution in [0.2, 0.25) is 8.67 Å². The number of hydrogen-bond donors (Lipinski definition) is 1. The number of amides is 1. The molecule has 0 fully saturated rings. The number of rotatable bonds is 3. The van der Waals surface area contributed by atoms with E-state index in [4.69, 9.17) is 27.6 Å². The van der Waals surface area contributed by atoms with Crippen molar-refractivity contribution in [3.05, 3.63) is 49.6 Å². The van der Waals surface area contributed by atoms with E-state index in [2.05, 4.69) is 15.5 Å². The summed E-state index contributed by atoms with van der Waals surface area (Å²) in [5, 5.41) is 10.3. The van der Waals surface area contributed by atoms with Crippen LogP contribution in [0.3, 0.4) is 0 Å². The molecule has 1 N–H and O–H groups in total. The molecule has 0 aliphatic rings. The second kappa shape index (κ2) is 6.31. The van der Waals surface area contributed by atoms with Gasteiger partial charge in [0, 0.05) is 5.56 Å². The van der Waals surface area contributed by atoms with Crippen molar-refractivity contribution in [1.82, 2.24) is 10.2 Å². The molecular weight excluding hydrogens is 357 g/mol. The molecule has 0 aliphatic carbocycles. The maximum Gasteiger partial charge on any atom is 0.322 e. The van der Waals surface area contributed by atoms with Gasteiger partial charge in [-0.1, -0.05) is 45.5 Å². The predicted molar refractivity (Wildman–Crippen MR) is 91.5 cm³/mol. The zero-order valence-electron chi connectivity index (χ0n) is 12.2. The number of nitrogens with zero attached hydrogens (tertiary/aromatic N) is 2. The summed E-state index contributed by atoms with van der Waals surface area (Å²) < 4.78 is 6.23. The fourth-order valence-electron chi connectivity index (χ4n) is 2.15. The van der Waals surface area contributed by atoms with Crippen LogP contribution in [0.5, 0.6) is 0 Å². The lowest BCUT2D eigenvalue weighted by molar-refractivity contribution is 0.102. The van der Waals surface area contributed by atoms with Crippen LogP contribution in [0.15, 0.2) is 28.7 Å². The Hall–Kier alpha value is -1.89. The molecule has 2 aromatic heterocycles.